The van der Waals surface area contributed by atoms with Crippen LogP contribution in [0.2, 0.25) is 0 Å². The molecule has 0 unspecified atom stereocenters. The van der Waals surface area contributed by atoms with Crippen LogP contribution in [0.1, 0.15) is 44.7 Å². The molecule has 0 aliphatic heterocycles. The SMILES string of the molecule is Cc1cccc(CNC(=O)[C@@]2(C)CC[C@@H](C(=O)O)C2(C)C)c1. The van der Waals surface area contributed by atoms with Gasteiger partial charge < -0.3 is 10.4 Å². The van der Waals surface area contributed by atoms with Gasteiger partial charge in [0.05, 0.1) is 11.3 Å². The standard InChI is InChI=1S/C18H25NO3/c1-12-6-5-7-13(10-12)11-19-16(22)18(4)9-8-14(15(20)21)17(18,2)3/h5-7,10,14H,8-9,11H2,1-4H3,(H,19,22)(H,20,21)/t14-,18+/m0/s1. The summed E-state index contributed by atoms with van der Waals surface area (Å²) in [6, 6.07) is 8.01. The van der Waals surface area contributed by atoms with Crippen LogP contribution in [-0.2, 0) is 16.1 Å². The van der Waals surface area contributed by atoms with Crippen LogP contribution in [0.4, 0.5) is 0 Å². The van der Waals surface area contributed by atoms with Crippen molar-refractivity contribution >= 4 is 11.9 Å². The van der Waals surface area contributed by atoms with E-state index < -0.39 is 22.7 Å². The van der Waals surface area contributed by atoms with Gasteiger partial charge in [0, 0.05) is 6.54 Å². The lowest BCUT2D eigenvalue weighted by molar-refractivity contribution is -0.148. The summed E-state index contributed by atoms with van der Waals surface area (Å²) in [4.78, 5) is 24.1. The topological polar surface area (TPSA) is 66.4 Å². The first kappa shape index (κ1) is 16.5. The van der Waals surface area contributed by atoms with Crippen LogP contribution in [0.25, 0.3) is 0 Å². The fourth-order valence-electron chi connectivity index (χ4n) is 3.54. The van der Waals surface area contributed by atoms with Gasteiger partial charge in [-0.05, 0) is 30.7 Å². The molecule has 1 fully saturated rings. The maximum atomic E-state index is 12.7. The van der Waals surface area contributed by atoms with Gasteiger partial charge in [-0.15, -0.1) is 0 Å². The van der Waals surface area contributed by atoms with Crippen LogP contribution in [-0.4, -0.2) is 17.0 Å². The van der Waals surface area contributed by atoms with E-state index in [1.165, 1.54) is 0 Å². The molecule has 1 aliphatic carbocycles. The van der Waals surface area contributed by atoms with E-state index in [-0.39, 0.29) is 5.91 Å². The highest BCUT2D eigenvalue weighted by Crippen LogP contribution is 2.56. The van der Waals surface area contributed by atoms with E-state index in [0.717, 1.165) is 11.1 Å². The average molecular weight is 303 g/mol. The van der Waals surface area contributed by atoms with Crippen molar-refractivity contribution in [3.05, 3.63) is 35.4 Å². The fraction of sp³-hybridized carbons (Fsp3) is 0.556. The number of carboxylic acids is 1. The lowest BCUT2D eigenvalue weighted by Gasteiger charge is -2.39. The molecule has 1 aromatic rings. The summed E-state index contributed by atoms with van der Waals surface area (Å²) in [5.41, 5.74) is 1.00. The molecule has 4 nitrogen and oxygen atoms in total. The molecular weight excluding hydrogens is 278 g/mol. The van der Waals surface area contributed by atoms with Gasteiger partial charge in [0.1, 0.15) is 0 Å². The Bertz CT molecular complexity index is 594. The Morgan fingerprint density at radius 2 is 2.00 bits per heavy atom. The maximum absolute atomic E-state index is 12.7. The average Bonchev–Trinajstić information content (AvgIpc) is 2.68. The first-order chi connectivity index (χ1) is 10.2. The van der Waals surface area contributed by atoms with Crippen molar-refractivity contribution in [1.82, 2.24) is 5.32 Å². The minimum atomic E-state index is -0.805. The number of hydrogen-bond donors (Lipinski definition) is 2. The largest absolute Gasteiger partial charge is 0.481 e. The molecule has 1 amide bonds. The van der Waals surface area contributed by atoms with Crippen LogP contribution < -0.4 is 5.32 Å². The Hall–Kier alpha value is -1.84. The van der Waals surface area contributed by atoms with Crippen LogP contribution >= 0.6 is 0 Å². The first-order valence-corrected chi connectivity index (χ1v) is 7.75. The zero-order valence-electron chi connectivity index (χ0n) is 13.8. The van der Waals surface area contributed by atoms with Crippen molar-refractivity contribution in [1.29, 1.82) is 0 Å². The Kier molecular flexibility index (Phi) is 4.32. The van der Waals surface area contributed by atoms with E-state index in [2.05, 4.69) is 5.32 Å². The molecule has 0 saturated heterocycles. The third-order valence-electron chi connectivity index (χ3n) is 5.56. The lowest BCUT2D eigenvalue weighted by atomic mass is 9.65. The number of nitrogens with one attached hydrogen (secondary N) is 1. The summed E-state index contributed by atoms with van der Waals surface area (Å²) in [5.74, 6) is -1.33. The molecule has 0 aromatic heterocycles. The number of rotatable bonds is 4. The summed E-state index contributed by atoms with van der Waals surface area (Å²) < 4.78 is 0. The number of carbonyl (C=O) groups excluding carboxylic acids is 1. The highest BCUT2D eigenvalue weighted by Gasteiger charge is 2.58. The summed E-state index contributed by atoms with van der Waals surface area (Å²) >= 11 is 0. The van der Waals surface area contributed by atoms with Gasteiger partial charge in [-0.25, -0.2) is 0 Å². The number of aliphatic carboxylic acids is 1. The number of carbonyl (C=O) groups is 2. The van der Waals surface area contributed by atoms with Crippen LogP contribution in [0.15, 0.2) is 24.3 Å². The van der Waals surface area contributed by atoms with Crippen LogP contribution in [0.3, 0.4) is 0 Å². The molecule has 1 aromatic carbocycles. The Balaban J connectivity index is 2.10. The molecule has 0 spiro atoms. The molecular formula is C18H25NO3. The highest BCUT2D eigenvalue weighted by atomic mass is 16.4. The summed E-state index contributed by atoms with van der Waals surface area (Å²) in [7, 11) is 0. The second-order valence-corrected chi connectivity index (χ2v) is 7.16. The number of aryl methyl sites for hydroxylation is 1. The van der Waals surface area contributed by atoms with E-state index >= 15 is 0 Å². The molecule has 22 heavy (non-hydrogen) atoms. The van der Waals surface area contributed by atoms with Gasteiger partial charge in [-0.2, -0.15) is 0 Å². The minimum absolute atomic E-state index is 0.0530. The van der Waals surface area contributed by atoms with Crippen molar-refractivity contribution in [3.8, 4) is 0 Å². The molecule has 2 rings (SSSR count). The molecule has 1 saturated carbocycles. The third kappa shape index (κ3) is 2.74. The second-order valence-electron chi connectivity index (χ2n) is 7.16. The van der Waals surface area contributed by atoms with E-state index in [1.54, 1.807) is 0 Å². The smallest absolute Gasteiger partial charge is 0.307 e. The van der Waals surface area contributed by atoms with E-state index in [4.69, 9.17) is 0 Å². The van der Waals surface area contributed by atoms with Gasteiger partial charge in [-0.1, -0.05) is 50.6 Å². The first-order valence-electron chi connectivity index (χ1n) is 7.75. The number of hydrogen-bond acceptors (Lipinski definition) is 2. The van der Waals surface area contributed by atoms with E-state index in [9.17, 15) is 14.7 Å². The van der Waals surface area contributed by atoms with Crippen molar-refractivity contribution in [2.24, 2.45) is 16.7 Å². The van der Waals surface area contributed by atoms with Crippen LogP contribution in [0, 0.1) is 23.7 Å². The Morgan fingerprint density at radius 1 is 1.32 bits per heavy atom. The molecule has 1 aliphatic rings. The number of carboxylic acid groups (broad SMARTS) is 1. The van der Waals surface area contributed by atoms with E-state index in [1.807, 2.05) is 52.0 Å². The normalized spacial score (nSPS) is 26.6. The highest BCUT2D eigenvalue weighted by molar-refractivity contribution is 5.85. The second kappa shape index (κ2) is 5.75. The summed E-state index contributed by atoms with van der Waals surface area (Å²) in [6.45, 7) is 8.17. The molecule has 0 heterocycles. The van der Waals surface area contributed by atoms with Crippen molar-refractivity contribution in [2.45, 2.75) is 47.1 Å². The molecule has 4 heteroatoms. The zero-order valence-corrected chi connectivity index (χ0v) is 13.8. The zero-order chi connectivity index (χ0) is 16.5. The van der Waals surface area contributed by atoms with Gasteiger partial charge >= 0.3 is 5.97 Å². The van der Waals surface area contributed by atoms with E-state index in [0.29, 0.717) is 19.4 Å². The summed E-state index contributed by atoms with van der Waals surface area (Å²) in [6.07, 6.45) is 1.16. The monoisotopic (exact) mass is 303 g/mol. The van der Waals surface area contributed by atoms with Gasteiger partial charge in [0.2, 0.25) is 5.91 Å². The molecule has 120 valence electrons. The molecule has 2 atom stereocenters. The van der Waals surface area contributed by atoms with Crippen molar-refractivity contribution in [3.63, 3.8) is 0 Å². The van der Waals surface area contributed by atoms with Crippen LogP contribution in [0.5, 0.6) is 0 Å². The minimum Gasteiger partial charge on any atom is -0.481 e. The molecule has 0 bridgehead atoms. The van der Waals surface area contributed by atoms with Gasteiger partial charge in [0.25, 0.3) is 0 Å². The number of benzene rings is 1. The Morgan fingerprint density at radius 3 is 2.55 bits per heavy atom. The predicted octanol–water partition coefficient (Wildman–Crippen LogP) is 3.14. The van der Waals surface area contributed by atoms with Crippen molar-refractivity contribution in [2.75, 3.05) is 0 Å². The maximum Gasteiger partial charge on any atom is 0.307 e. The van der Waals surface area contributed by atoms with Crippen molar-refractivity contribution < 1.29 is 14.7 Å². The fourth-order valence-corrected chi connectivity index (χ4v) is 3.54. The van der Waals surface area contributed by atoms with Gasteiger partial charge in [-0.3, -0.25) is 9.59 Å². The molecule has 2 N–H and O–H groups in total. The summed E-state index contributed by atoms with van der Waals surface area (Å²) in [5, 5.41) is 12.4. The Labute approximate surface area is 131 Å². The molecule has 0 radical (unpaired) electrons. The van der Waals surface area contributed by atoms with Gasteiger partial charge in [0.15, 0.2) is 0 Å². The lowest BCUT2D eigenvalue weighted by Crippen LogP contribution is -2.47. The quantitative estimate of drug-likeness (QED) is 0.898. The predicted molar refractivity (Wildman–Crippen MR) is 85.3 cm³/mol. The third-order valence-corrected chi connectivity index (χ3v) is 5.56. The number of amides is 1.